The molecular formula is C23H14BrFO4. The second kappa shape index (κ2) is 7.64. The van der Waals surface area contributed by atoms with Gasteiger partial charge in [0.1, 0.15) is 17.3 Å². The molecule has 0 aromatic heterocycles. The molecule has 3 aromatic rings. The van der Waals surface area contributed by atoms with Crippen molar-refractivity contribution in [2.24, 2.45) is 0 Å². The van der Waals surface area contributed by atoms with E-state index in [0.29, 0.717) is 16.9 Å². The fourth-order valence-corrected chi connectivity index (χ4v) is 3.42. The summed E-state index contributed by atoms with van der Waals surface area (Å²) in [5.41, 5.74) is 1.51. The van der Waals surface area contributed by atoms with Crippen LogP contribution in [0.4, 0.5) is 4.39 Å². The van der Waals surface area contributed by atoms with Crippen LogP contribution in [0, 0.1) is 12.7 Å². The van der Waals surface area contributed by atoms with Crippen molar-refractivity contribution in [3.8, 4) is 11.5 Å². The minimum absolute atomic E-state index is 0.167. The molecule has 0 amide bonds. The lowest BCUT2D eigenvalue weighted by molar-refractivity contribution is 0.0728. The van der Waals surface area contributed by atoms with Crippen molar-refractivity contribution in [2.75, 3.05) is 0 Å². The van der Waals surface area contributed by atoms with E-state index < -0.39 is 11.8 Å². The number of fused-ring (bicyclic) bond motifs is 1. The standard InChI is InChI=1S/C23H14BrFO4/c1-13-19(29-23(27)16-7-2-3-8-18(16)25)10-9-17-21(26)20(28-22(13)17)12-14-5-4-6-15(24)11-14/h2-12H,1H3/b20-12-. The van der Waals surface area contributed by atoms with E-state index >= 15 is 0 Å². The minimum Gasteiger partial charge on any atom is -0.452 e. The molecule has 29 heavy (non-hydrogen) atoms. The van der Waals surface area contributed by atoms with Crippen molar-refractivity contribution in [3.63, 3.8) is 0 Å². The molecule has 0 fully saturated rings. The summed E-state index contributed by atoms with van der Waals surface area (Å²) in [5.74, 6) is -1.03. The molecule has 3 aromatic carbocycles. The fourth-order valence-electron chi connectivity index (χ4n) is 3.01. The molecule has 0 atom stereocenters. The van der Waals surface area contributed by atoms with Gasteiger partial charge in [0.2, 0.25) is 5.78 Å². The number of halogens is 2. The lowest BCUT2D eigenvalue weighted by Gasteiger charge is -2.10. The summed E-state index contributed by atoms with van der Waals surface area (Å²) in [6.45, 7) is 1.68. The maximum atomic E-state index is 13.8. The third-order valence-corrected chi connectivity index (χ3v) is 4.97. The molecular weight excluding hydrogens is 439 g/mol. The van der Waals surface area contributed by atoms with E-state index in [9.17, 15) is 14.0 Å². The van der Waals surface area contributed by atoms with E-state index in [-0.39, 0.29) is 22.9 Å². The minimum atomic E-state index is -0.819. The first-order chi connectivity index (χ1) is 13.9. The van der Waals surface area contributed by atoms with Crippen LogP contribution in [0.15, 0.2) is 70.9 Å². The Bertz CT molecular complexity index is 1180. The molecule has 144 valence electrons. The Morgan fingerprint density at radius 2 is 1.90 bits per heavy atom. The smallest absolute Gasteiger partial charge is 0.346 e. The Labute approximate surface area is 174 Å². The van der Waals surface area contributed by atoms with Crippen LogP contribution < -0.4 is 9.47 Å². The molecule has 6 heteroatoms. The van der Waals surface area contributed by atoms with Crippen molar-refractivity contribution < 1.29 is 23.5 Å². The van der Waals surface area contributed by atoms with Crippen LogP contribution in [0.5, 0.6) is 11.5 Å². The molecule has 0 saturated heterocycles. The summed E-state index contributed by atoms with van der Waals surface area (Å²) >= 11 is 3.39. The number of hydrogen-bond donors (Lipinski definition) is 0. The number of rotatable bonds is 3. The molecule has 0 unspecified atom stereocenters. The first kappa shape index (κ1) is 19.1. The Morgan fingerprint density at radius 3 is 2.66 bits per heavy atom. The van der Waals surface area contributed by atoms with E-state index in [1.54, 1.807) is 19.1 Å². The van der Waals surface area contributed by atoms with Gasteiger partial charge in [-0.25, -0.2) is 9.18 Å². The zero-order valence-electron chi connectivity index (χ0n) is 15.2. The predicted molar refractivity (Wildman–Crippen MR) is 110 cm³/mol. The highest BCUT2D eigenvalue weighted by molar-refractivity contribution is 9.10. The maximum Gasteiger partial charge on any atom is 0.346 e. The second-order valence-corrected chi connectivity index (χ2v) is 7.35. The van der Waals surface area contributed by atoms with E-state index in [1.165, 1.54) is 30.3 Å². The van der Waals surface area contributed by atoms with Gasteiger partial charge >= 0.3 is 5.97 Å². The first-order valence-corrected chi connectivity index (χ1v) is 9.53. The van der Waals surface area contributed by atoms with Crippen LogP contribution in [-0.4, -0.2) is 11.8 Å². The summed E-state index contributed by atoms with van der Waals surface area (Å²) in [5, 5.41) is 0. The Hall–Kier alpha value is -3.25. The van der Waals surface area contributed by atoms with Crippen LogP contribution in [0.2, 0.25) is 0 Å². The number of carbonyl (C=O) groups excluding carboxylic acids is 2. The largest absolute Gasteiger partial charge is 0.452 e. The molecule has 0 bridgehead atoms. The fraction of sp³-hybridized carbons (Fsp3) is 0.0435. The van der Waals surface area contributed by atoms with Gasteiger partial charge in [0.15, 0.2) is 5.76 Å². The number of ether oxygens (including phenoxy) is 2. The van der Waals surface area contributed by atoms with Gasteiger partial charge < -0.3 is 9.47 Å². The predicted octanol–water partition coefficient (Wildman–Crippen LogP) is 5.73. The third kappa shape index (κ3) is 3.71. The quantitative estimate of drug-likeness (QED) is 0.289. The van der Waals surface area contributed by atoms with E-state index in [2.05, 4.69) is 15.9 Å². The van der Waals surface area contributed by atoms with Crippen molar-refractivity contribution in [2.45, 2.75) is 6.92 Å². The average Bonchev–Trinajstić information content (AvgIpc) is 3.01. The van der Waals surface area contributed by atoms with Gasteiger partial charge in [-0.05, 0) is 55.0 Å². The van der Waals surface area contributed by atoms with Gasteiger partial charge in [-0.3, -0.25) is 4.79 Å². The maximum absolute atomic E-state index is 13.8. The molecule has 0 aliphatic carbocycles. The van der Waals surface area contributed by atoms with Gasteiger partial charge in [0, 0.05) is 10.0 Å². The van der Waals surface area contributed by atoms with Gasteiger partial charge in [-0.2, -0.15) is 0 Å². The topological polar surface area (TPSA) is 52.6 Å². The molecule has 4 nitrogen and oxygen atoms in total. The van der Waals surface area contributed by atoms with Crippen LogP contribution >= 0.6 is 15.9 Å². The summed E-state index contributed by atoms with van der Waals surface area (Å²) in [7, 11) is 0. The zero-order chi connectivity index (χ0) is 20.5. The Balaban J connectivity index is 1.63. The summed E-state index contributed by atoms with van der Waals surface area (Å²) in [4.78, 5) is 25.0. The highest BCUT2D eigenvalue weighted by Gasteiger charge is 2.30. The molecule has 0 N–H and O–H groups in total. The molecule has 1 aliphatic heterocycles. The van der Waals surface area contributed by atoms with Crippen molar-refractivity contribution in [1.82, 2.24) is 0 Å². The SMILES string of the molecule is Cc1c(OC(=O)c2ccccc2F)ccc2c1O/C(=C\c1cccc(Br)c1)C2=O. The summed E-state index contributed by atoms with van der Waals surface area (Å²) < 4.78 is 25.8. The van der Waals surface area contributed by atoms with E-state index in [1.807, 2.05) is 24.3 Å². The lowest BCUT2D eigenvalue weighted by Crippen LogP contribution is -2.11. The number of ketones is 1. The number of esters is 1. The second-order valence-electron chi connectivity index (χ2n) is 6.43. The average molecular weight is 453 g/mol. The first-order valence-electron chi connectivity index (χ1n) is 8.74. The molecule has 1 heterocycles. The number of hydrogen-bond acceptors (Lipinski definition) is 4. The Morgan fingerprint density at radius 1 is 1.10 bits per heavy atom. The highest BCUT2D eigenvalue weighted by atomic mass is 79.9. The van der Waals surface area contributed by atoms with Gasteiger partial charge in [0.25, 0.3) is 0 Å². The van der Waals surface area contributed by atoms with Crippen molar-refractivity contribution >= 4 is 33.8 Å². The monoisotopic (exact) mass is 452 g/mol. The van der Waals surface area contributed by atoms with Crippen molar-refractivity contribution in [1.29, 1.82) is 0 Å². The molecule has 0 radical (unpaired) electrons. The number of carbonyl (C=O) groups is 2. The number of allylic oxidation sites excluding steroid dienone is 1. The normalized spacial score (nSPS) is 13.9. The van der Waals surface area contributed by atoms with Crippen LogP contribution in [0.3, 0.4) is 0 Å². The summed E-state index contributed by atoms with van der Waals surface area (Å²) in [6, 6.07) is 16.1. The molecule has 0 saturated carbocycles. The van der Waals surface area contributed by atoms with Gasteiger partial charge in [0.05, 0.1) is 11.1 Å². The number of Topliss-reactive ketones (excluding diaryl/α,β-unsaturated/α-hetero) is 1. The highest BCUT2D eigenvalue weighted by Crippen LogP contribution is 2.39. The van der Waals surface area contributed by atoms with Gasteiger partial charge in [-0.15, -0.1) is 0 Å². The third-order valence-electron chi connectivity index (χ3n) is 4.48. The Kier molecular flexibility index (Phi) is 5.03. The summed E-state index contributed by atoms with van der Waals surface area (Å²) in [6.07, 6.45) is 1.65. The zero-order valence-corrected chi connectivity index (χ0v) is 16.8. The van der Waals surface area contributed by atoms with Gasteiger partial charge in [-0.1, -0.05) is 40.2 Å². The van der Waals surface area contributed by atoms with Crippen LogP contribution in [0.1, 0.15) is 31.8 Å². The molecule has 4 rings (SSSR count). The molecule has 1 aliphatic rings. The molecule has 0 spiro atoms. The van der Waals surface area contributed by atoms with Crippen molar-refractivity contribution in [3.05, 3.63) is 99.0 Å². The lowest BCUT2D eigenvalue weighted by atomic mass is 10.1. The van der Waals surface area contributed by atoms with Crippen LogP contribution in [-0.2, 0) is 0 Å². The van der Waals surface area contributed by atoms with E-state index in [4.69, 9.17) is 9.47 Å². The van der Waals surface area contributed by atoms with Crippen LogP contribution in [0.25, 0.3) is 6.08 Å². The number of benzene rings is 3. The van der Waals surface area contributed by atoms with E-state index in [0.717, 1.165) is 10.0 Å².